The Labute approximate surface area is 247 Å². The smallest absolute Gasteiger partial charge is 0.365 e. The van der Waals surface area contributed by atoms with Gasteiger partial charge < -0.3 is 19.8 Å². The van der Waals surface area contributed by atoms with Crippen molar-refractivity contribution in [1.82, 2.24) is 39.9 Å². The Balaban J connectivity index is 1.07. The number of anilines is 2. The van der Waals surface area contributed by atoms with E-state index in [1.54, 1.807) is 6.20 Å². The molecule has 2 aromatic carbocycles. The fourth-order valence-electron chi connectivity index (χ4n) is 6.39. The first-order valence-electron chi connectivity index (χ1n) is 14.0. The number of alkyl halides is 3. The van der Waals surface area contributed by atoms with Gasteiger partial charge in [0.15, 0.2) is 0 Å². The van der Waals surface area contributed by atoms with Crippen LogP contribution >= 0.6 is 11.6 Å². The van der Waals surface area contributed by atoms with Crippen molar-refractivity contribution in [2.75, 3.05) is 22.9 Å². The van der Waals surface area contributed by atoms with Gasteiger partial charge in [-0.2, -0.15) is 23.4 Å². The van der Waals surface area contributed by atoms with E-state index in [0.29, 0.717) is 47.7 Å². The van der Waals surface area contributed by atoms with Crippen molar-refractivity contribution in [3.05, 3.63) is 81.7 Å². The van der Waals surface area contributed by atoms with E-state index in [2.05, 4.69) is 35.1 Å². The van der Waals surface area contributed by atoms with Gasteiger partial charge in [-0.1, -0.05) is 11.6 Å². The summed E-state index contributed by atoms with van der Waals surface area (Å²) in [6.07, 6.45) is 0.425. The first-order chi connectivity index (χ1) is 20.7. The lowest BCUT2D eigenvalue weighted by Gasteiger charge is -2.29. The fourth-order valence-corrected chi connectivity index (χ4v) is 6.59. The third-order valence-corrected chi connectivity index (χ3v) is 8.60. The molecule has 4 aromatic heterocycles. The average molecular weight is 607 g/mol. The summed E-state index contributed by atoms with van der Waals surface area (Å²) >= 11 is 6.61. The summed E-state index contributed by atoms with van der Waals surface area (Å²) in [5.41, 5.74) is 6.10. The Kier molecular flexibility index (Phi) is 5.77. The molecule has 0 bridgehead atoms. The zero-order valence-corrected chi connectivity index (χ0v) is 23.8. The molecular weight excluding hydrogens is 581 g/mol. The maximum absolute atomic E-state index is 13.6. The minimum absolute atomic E-state index is 0.356. The third-order valence-electron chi connectivity index (χ3n) is 8.38. The monoisotopic (exact) mass is 606 g/mol. The molecule has 0 saturated carbocycles. The molecule has 14 heteroatoms. The molecule has 0 fully saturated rings. The Morgan fingerprint density at radius 2 is 1.60 bits per heavy atom. The Bertz CT molecular complexity index is 2020. The number of fused-ring (bicyclic) bond motifs is 4. The van der Waals surface area contributed by atoms with Crippen LogP contribution in [-0.2, 0) is 38.7 Å². The predicted octanol–water partition coefficient (Wildman–Crippen LogP) is 5.51. The second-order valence-electron chi connectivity index (χ2n) is 11.2. The minimum atomic E-state index is -4.46. The zero-order valence-electron chi connectivity index (χ0n) is 23.1. The maximum atomic E-state index is 13.6. The second kappa shape index (κ2) is 9.49. The molecule has 0 aliphatic carbocycles. The summed E-state index contributed by atoms with van der Waals surface area (Å²) in [6.45, 7) is 4.86. The predicted molar refractivity (Wildman–Crippen MR) is 156 cm³/mol. The molecule has 0 radical (unpaired) electrons. The van der Waals surface area contributed by atoms with E-state index in [1.807, 2.05) is 34.8 Å². The minimum Gasteiger partial charge on any atom is -0.365 e. The van der Waals surface area contributed by atoms with E-state index in [0.717, 1.165) is 76.6 Å². The fraction of sp³-hybridized carbons (Fsp3) is 0.310. The highest BCUT2D eigenvalue weighted by Crippen LogP contribution is 2.38. The third kappa shape index (κ3) is 4.49. The lowest BCUT2D eigenvalue weighted by Crippen LogP contribution is -2.30. The molecule has 0 spiro atoms. The quantitative estimate of drug-likeness (QED) is 0.244. The lowest BCUT2D eigenvalue weighted by molar-refractivity contribution is -0.137. The highest BCUT2D eigenvalue weighted by atomic mass is 35.5. The van der Waals surface area contributed by atoms with E-state index in [9.17, 15) is 13.2 Å². The molecule has 0 saturated heterocycles. The maximum Gasteiger partial charge on any atom is 0.416 e. The number of aromatic nitrogens is 8. The molecule has 3 N–H and O–H groups in total. The normalized spacial score (nSPS) is 15.5. The van der Waals surface area contributed by atoms with E-state index in [-0.39, 0.29) is 0 Å². The van der Waals surface area contributed by atoms with Crippen molar-refractivity contribution in [3.63, 3.8) is 0 Å². The van der Waals surface area contributed by atoms with E-state index < -0.39 is 11.7 Å². The number of nitrogens with one attached hydrogen (secondary N) is 3. The zero-order chi connectivity index (χ0) is 29.5. The molecule has 0 atom stereocenters. The van der Waals surface area contributed by atoms with Crippen LogP contribution in [0, 0.1) is 6.92 Å². The summed E-state index contributed by atoms with van der Waals surface area (Å²) in [4.78, 5) is 20.5. The molecule has 6 aromatic rings. The van der Waals surface area contributed by atoms with Crippen LogP contribution < -0.4 is 9.80 Å². The molecular formula is C29H26ClF3N10. The molecule has 2 aliphatic heterocycles. The number of rotatable bonds is 4. The summed E-state index contributed by atoms with van der Waals surface area (Å²) < 4.78 is 42.8. The largest absolute Gasteiger partial charge is 0.416 e. The van der Waals surface area contributed by atoms with Gasteiger partial charge in [-0.25, -0.2) is 9.97 Å². The average Bonchev–Trinajstić information content (AvgIpc) is 3.76. The van der Waals surface area contributed by atoms with Gasteiger partial charge in [-0.05, 0) is 31.2 Å². The Morgan fingerprint density at radius 3 is 2.37 bits per heavy atom. The number of aryl methyl sites for hydroxylation is 1. The van der Waals surface area contributed by atoms with Crippen LogP contribution in [0.3, 0.4) is 0 Å². The van der Waals surface area contributed by atoms with Crippen LogP contribution in [-0.4, -0.2) is 53.0 Å². The first-order valence-corrected chi connectivity index (χ1v) is 14.4. The lowest BCUT2D eigenvalue weighted by atomic mass is 10.1. The van der Waals surface area contributed by atoms with Crippen LogP contribution in [0.1, 0.15) is 40.0 Å². The number of hydrogen-bond donors (Lipinski definition) is 3. The van der Waals surface area contributed by atoms with Gasteiger partial charge in [0.05, 0.1) is 71.4 Å². The number of imidazole rings is 2. The highest BCUT2D eigenvalue weighted by molar-refractivity contribution is 6.31. The molecule has 6 heterocycles. The van der Waals surface area contributed by atoms with Crippen LogP contribution in [0.25, 0.3) is 21.8 Å². The van der Waals surface area contributed by atoms with Crippen LogP contribution in [0.2, 0.25) is 5.02 Å². The first kappa shape index (κ1) is 26.1. The molecule has 10 nitrogen and oxygen atoms in total. The van der Waals surface area contributed by atoms with Gasteiger partial charge >= 0.3 is 6.18 Å². The van der Waals surface area contributed by atoms with Crippen molar-refractivity contribution in [1.29, 1.82) is 0 Å². The Hall–Kier alpha value is -4.52. The van der Waals surface area contributed by atoms with Crippen molar-refractivity contribution < 1.29 is 13.2 Å². The molecule has 43 heavy (non-hydrogen) atoms. The standard InChI is InChI=1S/C29H26ClF3N10/c1-15-36-20-2-4-42(12-23(20)37-15)26-8-17(30)9-27-19(26)11-35-43(27)14-28-38-21-3-5-41(13-24(21)39-28)25-7-16(29(31,32)33)6-22-18(25)10-34-40-22/h6-11H,2-5,12-14H2,1H3,(H,34,40)(H,36,37)(H,38,39). The molecule has 2 aliphatic rings. The van der Waals surface area contributed by atoms with E-state index in [4.69, 9.17) is 16.6 Å². The van der Waals surface area contributed by atoms with Gasteiger partial charge in [0, 0.05) is 53.1 Å². The summed E-state index contributed by atoms with van der Waals surface area (Å²) in [5, 5.41) is 13.6. The van der Waals surface area contributed by atoms with Crippen molar-refractivity contribution in [2.24, 2.45) is 0 Å². The van der Waals surface area contributed by atoms with Gasteiger partial charge in [0.1, 0.15) is 11.6 Å². The van der Waals surface area contributed by atoms with E-state index in [1.165, 1.54) is 6.07 Å². The number of halogens is 4. The van der Waals surface area contributed by atoms with Crippen molar-refractivity contribution in [3.8, 4) is 0 Å². The van der Waals surface area contributed by atoms with Gasteiger partial charge in [-0.15, -0.1) is 0 Å². The van der Waals surface area contributed by atoms with E-state index >= 15 is 0 Å². The number of nitrogens with zero attached hydrogens (tertiary/aromatic N) is 7. The number of benzene rings is 2. The number of aromatic amines is 3. The van der Waals surface area contributed by atoms with Crippen molar-refractivity contribution in [2.45, 2.75) is 45.6 Å². The number of H-pyrrole nitrogens is 3. The molecule has 0 amide bonds. The second-order valence-corrected chi connectivity index (χ2v) is 11.6. The summed E-state index contributed by atoms with van der Waals surface area (Å²) in [7, 11) is 0. The van der Waals surface area contributed by atoms with Gasteiger partial charge in [0.25, 0.3) is 0 Å². The topological polar surface area (TPSA) is 110 Å². The Morgan fingerprint density at radius 1 is 0.884 bits per heavy atom. The van der Waals surface area contributed by atoms with Gasteiger partial charge in [0.2, 0.25) is 0 Å². The highest BCUT2D eigenvalue weighted by Gasteiger charge is 2.33. The summed E-state index contributed by atoms with van der Waals surface area (Å²) in [6, 6.07) is 6.20. The SMILES string of the molecule is Cc1nc2c([nH]1)CN(c1cc(Cl)cc3c1cnn3Cc1nc3c([nH]1)CN(c1cc(C(F)(F)F)cc4[nH]ncc14)CC3)CC2. The van der Waals surface area contributed by atoms with Crippen LogP contribution in [0.15, 0.2) is 36.7 Å². The molecule has 8 rings (SSSR count). The van der Waals surface area contributed by atoms with Crippen LogP contribution in [0.5, 0.6) is 0 Å². The summed E-state index contributed by atoms with van der Waals surface area (Å²) in [5.74, 6) is 1.65. The van der Waals surface area contributed by atoms with Crippen molar-refractivity contribution >= 4 is 44.8 Å². The van der Waals surface area contributed by atoms with Gasteiger partial charge in [-0.3, -0.25) is 9.78 Å². The molecule has 220 valence electrons. The van der Waals surface area contributed by atoms with Crippen LogP contribution in [0.4, 0.5) is 24.5 Å². The molecule has 0 unspecified atom stereocenters. The number of hydrogen-bond acceptors (Lipinski definition) is 6.